The Morgan fingerprint density at radius 2 is 1.75 bits per heavy atom. The smallest absolute Gasteiger partial charge is 0.416 e. The molecular weight excluding hydrogens is 262 g/mol. The maximum Gasteiger partial charge on any atom is 0.416 e. The zero-order chi connectivity index (χ0) is 12.5. The standard InChI is InChI=1S/C8H3ClF6O/c9-4-1-3(8(13,14)15)2-5(10)6(4)16-7(11)12/h1-2,7H. The summed E-state index contributed by atoms with van der Waals surface area (Å²) in [6.45, 7) is -3.37. The maximum absolute atomic E-state index is 13.0. The lowest BCUT2D eigenvalue weighted by Crippen LogP contribution is -2.08. The van der Waals surface area contributed by atoms with Gasteiger partial charge in [0.2, 0.25) is 0 Å². The summed E-state index contributed by atoms with van der Waals surface area (Å²) in [6.07, 6.45) is -4.81. The molecule has 0 spiro atoms. The van der Waals surface area contributed by atoms with Crippen molar-refractivity contribution in [3.8, 4) is 5.75 Å². The molecule has 0 radical (unpaired) electrons. The van der Waals surface area contributed by atoms with Crippen molar-refractivity contribution in [2.45, 2.75) is 12.8 Å². The van der Waals surface area contributed by atoms with Crippen LogP contribution in [0, 0.1) is 5.82 Å². The van der Waals surface area contributed by atoms with Crippen LogP contribution in [0.25, 0.3) is 0 Å². The fourth-order valence-corrected chi connectivity index (χ4v) is 1.18. The summed E-state index contributed by atoms with van der Waals surface area (Å²) in [5.74, 6) is -2.70. The highest BCUT2D eigenvalue weighted by Crippen LogP contribution is 2.37. The van der Waals surface area contributed by atoms with Crippen molar-refractivity contribution < 1.29 is 31.1 Å². The van der Waals surface area contributed by atoms with Crippen LogP contribution < -0.4 is 4.74 Å². The number of benzene rings is 1. The zero-order valence-corrected chi connectivity index (χ0v) is 8.04. The van der Waals surface area contributed by atoms with E-state index in [1.807, 2.05) is 0 Å². The molecule has 0 fully saturated rings. The summed E-state index contributed by atoms with van der Waals surface area (Å²) in [4.78, 5) is 0. The Morgan fingerprint density at radius 1 is 1.19 bits per heavy atom. The number of ether oxygens (including phenoxy) is 1. The quantitative estimate of drug-likeness (QED) is 0.731. The highest BCUT2D eigenvalue weighted by Gasteiger charge is 2.32. The lowest BCUT2D eigenvalue weighted by atomic mass is 10.2. The number of hydrogen-bond acceptors (Lipinski definition) is 1. The van der Waals surface area contributed by atoms with Crippen LogP contribution >= 0.6 is 11.6 Å². The van der Waals surface area contributed by atoms with Gasteiger partial charge in [0, 0.05) is 0 Å². The first-order valence-corrected chi connectivity index (χ1v) is 4.10. The Balaban J connectivity index is 3.18. The Hall–Kier alpha value is -1.11. The first kappa shape index (κ1) is 13.0. The average Bonchev–Trinajstić information content (AvgIpc) is 2.09. The van der Waals surface area contributed by atoms with Crippen molar-refractivity contribution in [2.24, 2.45) is 0 Å². The van der Waals surface area contributed by atoms with E-state index in [2.05, 4.69) is 4.74 Å². The zero-order valence-electron chi connectivity index (χ0n) is 7.29. The Morgan fingerprint density at radius 3 is 2.12 bits per heavy atom. The molecular formula is C8H3ClF6O. The first-order valence-electron chi connectivity index (χ1n) is 3.73. The second-order valence-electron chi connectivity index (χ2n) is 2.65. The predicted molar refractivity (Wildman–Crippen MR) is 43.0 cm³/mol. The van der Waals surface area contributed by atoms with Gasteiger partial charge in [-0.15, -0.1) is 0 Å². The molecule has 0 heterocycles. The second-order valence-corrected chi connectivity index (χ2v) is 3.05. The molecule has 0 saturated carbocycles. The molecule has 1 aromatic carbocycles. The largest absolute Gasteiger partial charge is 0.430 e. The van der Waals surface area contributed by atoms with Gasteiger partial charge < -0.3 is 4.74 Å². The third-order valence-corrected chi connectivity index (χ3v) is 1.81. The molecule has 0 aliphatic heterocycles. The summed E-state index contributed by atoms with van der Waals surface area (Å²) < 4.78 is 76.5. The van der Waals surface area contributed by atoms with Gasteiger partial charge in [0.05, 0.1) is 10.6 Å². The van der Waals surface area contributed by atoms with Crippen molar-refractivity contribution in [2.75, 3.05) is 0 Å². The van der Waals surface area contributed by atoms with Gasteiger partial charge in [-0.3, -0.25) is 0 Å². The van der Waals surface area contributed by atoms with E-state index in [4.69, 9.17) is 11.6 Å². The maximum atomic E-state index is 13.0. The van der Waals surface area contributed by atoms with E-state index in [0.29, 0.717) is 6.07 Å². The monoisotopic (exact) mass is 264 g/mol. The van der Waals surface area contributed by atoms with E-state index in [9.17, 15) is 26.3 Å². The summed E-state index contributed by atoms with van der Waals surface area (Å²) in [5, 5.41) is -0.868. The van der Waals surface area contributed by atoms with Crippen molar-refractivity contribution in [3.63, 3.8) is 0 Å². The van der Waals surface area contributed by atoms with Gasteiger partial charge in [-0.05, 0) is 12.1 Å². The van der Waals surface area contributed by atoms with Crippen molar-refractivity contribution in [1.82, 2.24) is 0 Å². The number of halogens is 7. The molecule has 8 heteroatoms. The normalized spacial score (nSPS) is 12.0. The van der Waals surface area contributed by atoms with Crippen molar-refractivity contribution >= 4 is 11.6 Å². The van der Waals surface area contributed by atoms with Crippen LogP contribution in [-0.4, -0.2) is 6.61 Å². The molecule has 0 amide bonds. The summed E-state index contributed by atoms with van der Waals surface area (Å²) in [5.41, 5.74) is -1.38. The number of hydrogen-bond donors (Lipinski definition) is 0. The minimum absolute atomic E-state index is 0.0313. The first-order chi connectivity index (χ1) is 7.21. The Bertz CT molecular complexity index is 366. The summed E-state index contributed by atoms with van der Waals surface area (Å²) in [7, 11) is 0. The third kappa shape index (κ3) is 2.94. The molecule has 0 aliphatic rings. The molecule has 0 N–H and O–H groups in total. The van der Waals surface area contributed by atoms with Crippen LogP contribution in [0.2, 0.25) is 5.02 Å². The minimum atomic E-state index is -4.81. The van der Waals surface area contributed by atoms with E-state index in [1.165, 1.54) is 0 Å². The number of alkyl halides is 5. The fourth-order valence-electron chi connectivity index (χ4n) is 0.925. The highest BCUT2D eigenvalue weighted by molar-refractivity contribution is 6.32. The fraction of sp³-hybridized carbons (Fsp3) is 0.250. The van der Waals surface area contributed by atoms with Gasteiger partial charge in [0.25, 0.3) is 0 Å². The Kier molecular flexibility index (Phi) is 3.57. The lowest BCUT2D eigenvalue weighted by Gasteiger charge is -2.11. The molecule has 1 aromatic rings. The van der Waals surface area contributed by atoms with E-state index in [1.54, 1.807) is 0 Å². The molecule has 1 rings (SSSR count). The van der Waals surface area contributed by atoms with Gasteiger partial charge in [-0.2, -0.15) is 22.0 Å². The van der Waals surface area contributed by atoms with E-state index >= 15 is 0 Å². The molecule has 90 valence electrons. The topological polar surface area (TPSA) is 9.23 Å². The Labute approximate surface area is 90.6 Å². The molecule has 0 atom stereocenters. The molecule has 0 aromatic heterocycles. The molecule has 16 heavy (non-hydrogen) atoms. The third-order valence-electron chi connectivity index (χ3n) is 1.53. The minimum Gasteiger partial charge on any atom is -0.430 e. The lowest BCUT2D eigenvalue weighted by molar-refractivity contribution is -0.137. The van der Waals surface area contributed by atoms with Crippen LogP contribution in [-0.2, 0) is 6.18 Å². The predicted octanol–water partition coefficient (Wildman–Crippen LogP) is 4.10. The van der Waals surface area contributed by atoms with Crippen molar-refractivity contribution in [3.05, 3.63) is 28.5 Å². The molecule has 0 unspecified atom stereocenters. The second kappa shape index (κ2) is 4.40. The summed E-state index contributed by atoms with van der Waals surface area (Å²) >= 11 is 5.19. The van der Waals surface area contributed by atoms with Crippen LogP contribution in [0.5, 0.6) is 5.75 Å². The van der Waals surface area contributed by atoms with Gasteiger partial charge >= 0.3 is 12.8 Å². The number of rotatable bonds is 2. The molecule has 0 bridgehead atoms. The highest BCUT2D eigenvalue weighted by atomic mass is 35.5. The van der Waals surface area contributed by atoms with E-state index in [0.717, 1.165) is 0 Å². The van der Waals surface area contributed by atoms with E-state index in [-0.39, 0.29) is 6.07 Å². The van der Waals surface area contributed by atoms with Crippen molar-refractivity contribution in [1.29, 1.82) is 0 Å². The summed E-state index contributed by atoms with van der Waals surface area (Å²) in [6, 6.07) is 0.339. The van der Waals surface area contributed by atoms with Gasteiger partial charge in [0.1, 0.15) is 0 Å². The van der Waals surface area contributed by atoms with Crippen LogP contribution in [0.3, 0.4) is 0 Å². The molecule has 0 aliphatic carbocycles. The molecule has 0 saturated heterocycles. The van der Waals surface area contributed by atoms with Gasteiger partial charge in [-0.25, -0.2) is 4.39 Å². The van der Waals surface area contributed by atoms with Gasteiger partial charge in [0.15, 0.2) is 11.6 Å². The molecule has 1 nitrogen and oxygen atoms in total. The van der Waals surface area contributed by atoms with Crippen LogP contribution in [0.1, 0.15) is 5.56 Å². The SMILES string of the molecule is Fc1cc(C(F)(F)F)cc(Cl)c1OC(F)F. The van der Waals surface area contributed by atoms with E-state index < -0.39 is 34.9 Å². The van der Waals surface area contributed by atoms with Crippen LogP contribution in [0.15, 0.2) is 12.1 Å². The van der Waals surface area contributed by atoms with Crippen LogP contribution in [0.4, 0.5) is 26.3 Å². The van der Waals surface area contributed by atoms with Gasteiger partial charge in [-0.1, -0.05) is 11.6 Å². The average molecular weight is 265 g/mol.